The van der Waals surface area contributed by atoms with Gasteiger partial charge in [-0.3, -0.25) is 9.63 Å². The highest BCUT2D eigenvalue weighted by atomic mass is 16.7. The highest BCUT2D eigenvalue weighted by Gasteiger charge is 2.25. The number of anilines is 1. The Labute approximate surface area is 112 Å². The molecule has 7 heteroatoms. The maximum absolute atomic E-state index is 12.1. The number of hydrogen-bond donors (Lipinski definition) is 2. The highest BCUT2D eigenvalue weighted by Crippen LogP contribution is 2.26. The fraction of sp³-hybridized carbons (Fsp3) is 0.417. The zero-order valence-corrected chi connectivity index (χ0v) is 11.7. The molecule has 106 valence electrons. The maximum atomic E-state index is 12.1. The van der Waals surface area contributed by atoms with Crippen LogP contribution in [0.15, 0.2) is 18.2 Å². The second kappa shape index (κ2) is 6.48. The summed E-state index contributed by atoms with van der Waals surface area (Å²) < 4.78 is 5.23. The van der Waals surface area contributed by atoms with E-state index in [-0.39, 0.29) is 5.91 Å². The van der Waals surface area contributed by atoms with E-state index in [0.29, 0.717) is 5.56 Å². The lowest BCUT2D eigenvalue weighted by Gasteiger charge is -2.21. The Morgan fingerprint density at radius 2 is 2.00 bits per heavy atom. The largest absolute Gasteiger partial charge is 0.367 e. The van der Waals surface area contributed by atoms with Gasteiger partial charge in [-0.15, -0.1) is 0 Å². The van der Waals surface area contributed by atoms with E-state index in [1.807, 2.05) is 0 Å². The Bertz CT molecular complexity index is 451. The molecule has 0 saturated heterocycles. The summed E-state index contributed by atoms with van der Waals surface area (Å²) in [5.41, 5.74) is 6.11. The minimum absolute atomic E-state index is 0.293. The zero-order chi connectivity index (χ0) is 14.6. The van der Waals surface area contributed by atoms with Gasteiger partial charge in [0.1, 0.15) is 5.69 Å². The van der Waals surface area contributed by atoms with E-state index in [1.165, 1.54) is 26.3 Å². The summed E-state index contributed by atoms with van der Waals surface area (Å²) in [7, 11) is 6.14. The van der Waals surface area contributed by atoms with Crippen LogP contribution < -0.4 is 16.6 Å². The van der Waals surface area contributed by atoms with Crippen LogP contribution in [0.3, 0.4) is 0 Å². The van der Waals surface area contributed by atoms with Crippen molar-refractivity contribution in [3.63, 3.8) is 0 Å². The third-order valence-corrected chi connectivity index (χ3v) is 2.83. The van der Waals surface area contributed by atoms with Crippen LogP contribution >= 0.6 is 0 Å². The Hall–Kier alpha value is -1.67. The zero-order valence-electron chi connectivity index (χ0n) is 11.7. The minimum Gasteiger partial charge on any atom is -0.367 e. The number of hydroxylamine groups is 2. The quantitative estimate of drug-likeness (QED) is 0.559. The van der Waals surface area contributed by atoms with Crippen LogP contribution in [0, 0.1) is 0 Å². The van der Waals surface area contributed by atoms with Crippen LogP contribution in [0.5, 0.6) is 0 Å². The molecule has 0 aliphatic carbocycles. The Kier molecular flexibility index (Phi) is 5.25. The van der Waals surface area contributed by atoms with Gasteiger partial charge in [0.25, 0.3) is 5.91 Å². The van der Waals surface area contributed by atoms with Gasteiger partial charge in [-0.05, 0) is 11.6 Å². The second-order valence-corrected chi connectivity index (χ2v) is 4.13. The molecule has 0 aliphatic rings. The molecule has 0 aromatic heterocycles. The van der Waals surface area contributed by atoms with Gasteiger partial charge in [-0.2, -0.15) is 0 Å². The number of hydrazine groups is 1. The predicted molar refractivity (Wildman–Crippen MR) is 71.1 cm³/mol. The van der Waals surface area contributed by atoms with E-state index in [2.05, 4.69) is 5.73 Å². The van der Waals surface area contributed by atoms with Crippen molar-refractivity contribution in [1.29, 1.82) is 0 Å². The van der Waals surface area contributed by atoms with Gasteiger partial charge in [0.2, 0.25) is 0 Å². The van der Waals surface area contributed by atoms with E-state index in [1.54, 1.807) is 25.2 Å². The standard InChI is InChI=1S/C12H20N4O3/c1-15(14)10-6-5-8(7-9(10)13)11(18-3)12(17)16(2)19-4/h5-7,11H,13-14H2,1-4H3/p+1. The molecule has 0 aliphatic heterocycles. The molecule has 7 nitrogen and oxygen atoms in total. The molecule has 1 atom stereocenters. The lowest BCUT2D eigenvalue weighted by molar-refractivity contribution is -0.254. The highest BCUT2D eigenvalue weighted by molar-refractivity contribution is 5.82. The lowest BCUT2D eigenvalue weighted by atomic mass is 10.1. The first-order valence-electron chi connectivity index (χ1n) is 5.71. The van der Waals surface area contributed by atoms with Crippen LogP contribution in [0.4, 0.5) is 11.4 Å². The van der Waals surface area contributed by atoms with Crippen molar-refractivity contribution >= 4 is 17.3 Å². The Balaban J connectivity index is 3.06. The Morgan fingerprint density at radius 1 is 1.37 bits per heavy atom. The van der Waals surface area contributed by atoms with Gasteiger partial charge < -0.3 is 15.5 Å². The Morgan fingerprint density at radius 3 is 2.42 bits per heavy atom. The fourth-order valence-electron chi connectivity index (χ4n) is 1.75. The summed E-state index contributed by atoms with van der Waals surface area (Å²) in [4.78, 5) is 16.9. The number of rotatable bonds is 5. The second-order valence-electron chi connectivity index (χ2n) is 4.13. The molecule has 0 radical (unpaired) electrons. The average molecular weight is 269 g/mol. The van der Waals surface area contributed by atoms with Gasteiger partial charge in [0, 0.05) is 27.3 Å². The number of nitrogens with two attached hydrogens (primary N) is 1. The SMILES string of the molecule is COC(C(=O)N(C)OC)c1ccc(N(C)N)c([NH3+])c1. The minimum atomic E-state index is -0.734. The van der Waals surface area contributed by atoms with Crippen LogP contribution in [-0.4, -0.2) is 39.3 Å². The van der Waals surface area contributed by atoms with Gasteiger partial charge >= 0.3 is 0 Å². The molecular formula is C12H21N4O3+. The molecule has 1 rings (SSSR count). The molecule has 19 heavy (non-hydrogen) atoms. The monoisotopic (exact) mass is 269 g/mol. The first-order valence-corrected chi connectivity index (χ1v) is 5.71. The molecule has 1 unspecified atom stereocenters. The van der Waals surface area contributed by atoms with Crippen LogP contribution in [-0.2, 0) is 14.4 Å². The summed E-state index contributed by atoms with van der Waals surface area (Å²) >= 11 is 0. The molecular weight excluding hydrogens is 248 g/mol. The molecule has 5 N–H and O–H groups in total. The van der Waals surface area contributed by atoms with Gasteiger partial charge in [-0.25, -0.2) is 10.9 Å². The van der Waals surface area contributed by atoms with Crippen LogP contribution in [0.25, 0.3) is 0 Å². The number of ether oxygens (including phenoxy) is 1. The van der Waals surface area contributed by atoms with Crippen molar-refractivity contribution in [3.8, 4) is 0 Å². The maximum Gasteiger partial charge on any atom is 0.279 e. The number of amides is 1. The van der Waals surface area contributed by atoms with Crippen molar-refractivity contribution in [2.24, 2.45) is 5.84 Å². The van der Waals surface area contributed by atoms with Gasteiger partial charge in [-0.1, -0.05) is 6.07 Å². The summed E-state index contributed by atoms with van der Waals surface area (Å²) in [6, 6.07) is 5.35. The number of hydrogen-bond acceptors (Lipinski definition) is 5. The first-order chi connectivity index (χ1) is 8.92. The molecule has 0 bridgehead atoms. The van der Waals surface area contributed by atoms with Crippen molar-refractivity contribution in [1.82, 2.24) is 5.06 Å². The first kappa shape index (κ1) is 15.4. The fourth-order valence-corrected chi connectivity index (χ4v) is 1.75. The molecule has 1 aromatic rings. The average Bonchev–Trinajstić information content (AvgIpc) is 2.38. The van der Waals surface area contributed by atoms with Gasteiger partial charge in [0.15, 0.2) is 11.8 Å². The van der Waals surface area contributed by atoms with E-state index < -0.39 is 6.10 Å². The van der Waals surface area contributed by atoms with E-state index >= 15 is 0 Å². The predicted octanol–water partition coefficient (Wildman–Crippen LogP) is -0.423. The molecule has 1 aromatic carbocycles. The molecule has 0 heterocycles. The summed E-state index contributed by atoms with van der Waals surface area (Å²) in [5, 5.41) is 2.59. The number of methoxy groups -OCH3 is 1. The smallest absolute Gasteiger partial charge is 0.279 e. The van der Waals surface area contributed by atoms with Crippen molar-refractivity contribution in [2.45, 2.75) is 6.10 Å². The van der Waals surface area contributed by atoms with Crippen molar-refractivity contribution in [3.05, 3.63) is 23.8 Å². The molecule has 0 saturated carbocycles. The lowest BCUT2D eigenvalue weighted by Crippen LogP contribution is -2.43. The number of carbonyl (C=O) groups excluding carboxylic acids is 1. The normalized spacial score (nSPS) is 12.1. The third-order valence-electron chi connectivity index (χ3n) is 2.83. The summed E-state index contributed by atoms with van der Waals surface area (Å²) in [5.74, 6) is 5.38. The van der Waals surface area contributed by atoms with Crippen LogP contribution in [0.1, 0.15) is 11.7 Å². The van der Waals surface area contributed by atoms with Crippen LogP contribution in [0.2, 0.25) is 0 Å². The molecule has 0 fully saturated rings. The van der Waals surface area contributed by atoms with E-state index in [0.717, 1.165) is 16.4 Å². The third kappa shape index (κ3) is 3.42. The topological polar surface area (TPSA) is 95.7 Å². The number of benzene rings is 1. The molecule has 1 amide bonds. The van der Waals surface area contributed by atoms with Crippen molar-refractivity contribution in [2.75, 3.05) is 33.3 Å². The molecule has 0 spiro atoms. The van der Waals surface area contributed by atoms with Gasteiger partial charge in [0.05, 0.1) is 7.11 Å². The summed E-state index contributed by atoms with van der Waals surface area (Å²) in [6.07, 6.45) is -0.734. The summed E-state index contributed by atoms with van der Waals surface area (Å²) in [6.45, 7) is 0. The number of quaternary nitrogens is 1. The number of carbonyl (C=O) groups is 1. The number of nitrogens with zero attached hydrogens (tertiary/aromatic N) is 2. The van der Waals surface area contributed by atoms with Crippen molar-refractivity contribution < 1.29 is 20.1 Å². The van der Waals surface area contributed by atoms with E-state index in [4.69, 9.17) is 15.4 Å². The van der Waals surface area contributed by atoms with E-state index in [9.17, 15) is 4.79 Å². The number of likely N-dealkylation sites (N-methyl/N-ethyl adjacent to an activating group) is 1.